The predicted octanol–water partition coefficient (Wildman–Crippen LogP) is 2.35. The van der Waals surface area contributed by atoms with Crippen molar-refractivity contribution in [1.29, 1.82) is 5.26 Å². The van der Waals surface area contributed by atoms with Gasteiger partial charge < -0.3 is 20.5 Å². The molecule has 5 rings (SSSR count). The molecule has 202 valence electrons. The van der Waals surface area contributed by atoms with Crippen LogP contribution in [0.25, 0.3) is 0 Å². The summed E-state index contributed by atoms with van der Waals surface area (Å²) in [6, 6.07) is 11.0. The minimum atomic E-state index is -0.833. The van der Waals surface area contributed by atoms with E-state index < -0.39 is 5.97 Å². The molecule has 1 aromatic carbocycles. The summed E-state index contributed by atoms with van der Waals surface area (Å²) in [4.78, 5) is 14.0. The number of piperidine rings is 1. The number of carboxylic acid groups (broad SMARTS) is 1. The van der Waals surface area contributed by atoms with Crippen molar-refractivity contribution in [3.8, 4) is 6.07 Å². The van der Waals surface area contributed by atoms with Crippen molar-refractivity contribution >= 4 is 29.2 Å². The molecule has 38 heavy (non-hydrogen) atoms. The Balaban J connectivity index is 0.000000786. The van der Waals surface area contributed by atoms with Crippen LogP contribution in [0.2, 0.25) is 5.02 Å². The van der Waals surface area contributed by atoms with Crippen molar-refractivity contribution in [2.24, 2.45) is 15.9 Å². The first-order valence-corrected chi connectivity index (χ1v) is 13.1. The molecule has 2 fully saturated rings. The van der Waals surface area contributed by atoms with Gasteiger partial charge in [-0.05, 0) is 37.0 Å². The lowest BCUT2D eigenvalue weighted by Crippen LogP contribution is -2.58. The number of halogens is 1. The van der Waals surface area contributed by atoms with Gasteiger partial charge >= 0.3 is 0 Å². The summed E-state index contributed by atoms with van der Waals surface area (Å²) in [5.74, 6) is 0.745. The highest BCUT2D eigenvalue weighted by molar-refractivity contribution is 6.30. The molecule has 0 aliphatic carbocycles. The number of morpholine rings is 1. The third-order valence-corrected chi connectivity index (χ3v) is 7.13. The number of amidine groups is 2. The molecular weight excluding hydrogens is 508 g/mol. The standard InChI is InChI=1S/C24H29ClN8O.C2H4O2/c25-19-3-1-17(2-4-19)9-21-16-34-22(14-32-13-18(11-26)12-28-32)15-33(21)20-5-7-31(8-6-20)24-10-23(27)29-30-24;1-2(3)4/h1-4,12-13,20-22H,5-10,14-16H2,(H2,27,29);1H3,(H,3,4)/t21-,22-;/m0./s1. The van der Waals surface area contributed by atoms with Crippen molar-refractivity contribution in [3.63, 3.8) is 0 Å². The molecule has 3 aliphatic rings. The maximum atomic E-state index is 9.10. The number of nitriles is 1. The van der Waals surface area contributed by atoms with E-state index >= 15 is 0 Å². The maximum Gasteiger partial charge on any atom is 0.300 e. The Morgan fingerprint density at radius 3 is 2.58 bits per heavy atom. The minimum absolute atomic E-state index is 0.0262. The molecule has 0 saturated carbocycles. The molecule has 2 saturated heterocycles. The molecule has 0 spiro atoms. The van der Waals surface area contributed by atoms with Gasteiger partial charge in [-0.25, -0.2) is 0 Å². The summed E-state index contributed by atoms with van der Waals surface area (Å²) >= 11 is 6.10. The first-order valence-electron chi connectivity index (χ1n) is 12.7. The average molecular weight is 541 g/mol. The van der Waals surface area contributed by atoms with E-state index in [1.54, 1.807) is 12.4 Å². The fourth-order valence-electron chi connectivity index (χ4n) is 5.12. The van der Waals surface area contributed by atoms with E-state index in [0.29, 0.717) is 43.1 Å². The molecular formula is C26H33ClN8O3. The van der Waals surface area contributed by atoms with Gasteiger partial charge in [-0.3, -0.25) is 14.4 Å². The first kappa shape index (κ1) is 27.6. The Hall–Kier alpha value is -3.46. The van der Waals surface area contributed by atoms with Gasteiger partial charge in [0, 0.05) is 49.9 Å². The highest BCUT2D eigenvalue weighted by Gasteiger charge is 2.36. The fraction of sp³-hybridized carbons (Fsp3) is 0.500. The lowest BCUT2D eigenvalue weighted by molar-refractivity contribution is -0.134. The number of hydrogen-bond acceptors (Lipinski definition) is 9. The van der Waals surface area contributed by atoms with Crippen molar-refractivity contribution in [1.82, 2.24) is 19.6 Å². The van der Waals surface area contributed by atoms with E-state index in [1.807, 2.05) is 16.8 Å². The van der Waals surface area contributed by atoms with E-state index in [-0.39, 0.29) is 6.10 Å². The second kappa shape index (κ2) is 12.9. The van der Waals surface area contributed by atoms with E-state index in [1.165, 1.54) is 5.56 Å². The monoisotopic (exact) mass is 540 g/mol. The van der Waals surface area contributed by atoms with Crippen LogP contribution in [0.4, 0.5) is 0 Å². The highest BCUT2D eigenvalue weighted by Crippen LogP contribution is 2.26. The molecule has 3 aliphatic heterocycles. The zero-order chi connectivity index (χ0) is 27.1. The Morgan fingerprint density at radius 2 is 1.97 bits per heavy atom. The summed E-state index contributed by atoms with van der Waals surface area (Å²) in [5, 5.41) is 29.8. The largest absolute Gasteiger partial charge is 0.481 e. The van der Waals surface area contributed by atoms with Crippen LogP contribution in [0.1, 0.15) is 37.3 Å². The molecule has 1 aromatic heterocycles. The highest BCUT2D eigenvalue weighted by atomic mass is 35.5. The quantitative estimate of drug-likeness (QED) is 0.587. The minimum Gasteiger partial charge on any atom is -0.481 e. The zero-order valence-electron chi connectivity index (χ0n) is 21.4. The van der Waals surface area contributed by atoms with Crippen molar-refractivity contribution in [2.45, 2.75) is 57.3 Å². The Kier molecular flexibility index (Phi) is 9.33. The average Bonchev–Trinajstić information content (AvgIpc) is 3.55. The van der Waals surface area contributed by atoms with E-state index in [9.17, 15) is 0 Å². The number of carboxylic acids is 1. The molecule has 12 heteroatoms. The number of hydrogen-bond donors (Lipinski definition) is 2. The number of carbonyl (C=O) groups is 1. The Morgan fingerprint density at radius 1 is 1.26 bits per heavy atom. The van der Waals surface area contributed by atoms with Crippen LogP contribution in [0.15, 0.2) is 46.9 Å². The molecule has 0 radical (unpaired) electrons. The molecule has 2 atom stereocenters. The van der Waals surface area contributed by atoms with Crippen LogP contribution < -0.4 is 5.73 Å². The molecule has 3 N–H and O–H groups in total. The fourth-order valence-corrected chi connectivity index (χ4v) is 5.25. The van der Waals surface area contributed by atoms with Gasteiger partial charge in [-0.15, -0.1) is 10.2 Å². The number of aliphatic carboxylic acids is 1. The summed E-state index contributed by atoms with van der Waals surface area (Å²) in [5.41, 5.74) is 7.65. The molecule has 11 nitrogen and oxygen atoms in total. The normalized spacial score (nSPS) is 22.2. The first-order chi connectivity index (χ1) is 18.3. The van der Waals surface area contributed by atoms with Crippen LogP contribution >= 0.6 is 11.6 Å². The van der Waals surface area contributed by atoms with E-state index in [4.69, 9.17) is 37.2 Å². The lowest BCUT2D eigenvalue weighted by atomic mass is 9.96. The summed E-state index contributed by atoms with van der Waals surface area (Å²) in [6.07, 6.45) is 7.09. The van der Waals surface area contributed by atoms with E-state index in [2.05, 4.69) is 43.3 Å². The van der Waals surface area contributed by atoms with Crippen LogP contribution in [-0.4, -0.2) is 86.8 Å². The van der Waals surface area contributed by atoms with Gasteiger partial charge in [0.2, 0.25) is 0 Å². The SMILES string of the molecule is CC(=O)O.N#Cc1cnn(C[C@H]2CN(C3CCN(C4=NN=C(N)C4)CC3)[C@@H](Cc3ccc(Cl)cc3)CO2)c1. The maximum absolute atomic E-state index is 9.10. The summed E-state index contributed by atoms with van der Waals surface area (Å²) in [7, 11) is 0. The molecule has 4 heterocycles. The number of aromatic nitrogens is 2. The van der Waals surface area contributed by atoms with Gasteiger partial charge in [0.1, 0.15) is 17.7 Å². The number of nitrogens with zero attached hydrogens (tertiary/aromatic N) is 7. The van der Waals surface area contributed by atoms with E-state index in [0.717, 1.165) is 56.7 Å². The van der Waals surface area contributed by atoms with Gasteiger partial charge in [0.15, 0.2) is 0 Å². The van der Waals surface area contributed by atoms with Crippen molar-refractivity contribution < 1.29 is 14.6 Å². The second-order valence-corrected chi connectivity index (χ2v) is 10.2. The predicted molar refractivity (Wildman–Crippen MR) is 144 cm³/mol. The molecule has 2 aromatic rings. The Labute approximate surface area is 227 Å². The lowest BCUT2D eigenvalue weighted by Gasteiger charge is -2.47. The number of ether oxygens (including phenoxy) is 1. The van der Waals surface area contributed by atoms with Gasteiger partial charge in [0.25, 0.3) is 5.97 Å². The smallest absolute Gasteiger partial charge is 0.300 e. The number of likely N-dealkylation sites (tertiary alicyclic amines) is 1. The van der Waals surface area contributed by atoms with Crippen LogP contribution in [0.5, 0.6) is 0 Å². The number of rotatable bonds is 5. The van der Waals surface area contributed by atoms with Gasteiger partial charge in [0.05, 0.1) is 37.4 Å². The van der Waals surface area contributed by atoms with Crippen LogP contribution in [0, 0.1) is 11.3 Å². The van der Waals surface area contributed by atoms with Gasteiger partial charge in [-0.2, -0.15) is 10.4 Å². The summed E-state index contributed by atoms with van der Waals surface area (Å²) in [6.45, 7) is 5.12. The topological polar surface area (TPSA) is 145 Å². The van der Waals surface area contributed by atoms with Crippen LogP contribution in [-0.2, 0) is 22.5 Å². The second-order valence-electron chi connectivity index (χ2n) is 9.72. The molecule has 0 bridgehead atoms. The molecule has 0 amide bonds. The van der Waals surface area contributed by atoms with Crippen molar-refractivity contribution in [2.75, 3.05) is 26.2 Å². The molecule has 0 unspecified atom stereocenters. The van der Waals surface area contributed by atoms with Gasteiger partial charge in [-0.1, -0.05) is 23.7 Å². The third-order valence-electron chi connectivity index (χ3n) is 6.88. The van der Waals surface area contributed by atoms with Crippen molar-refractivity contribution in [3.05, 3.63) is 52.8 Å². The third kappa shape index (κ3) is 7.54. The Bertz CT molecular complexity index is 1190. The zero-order valence-corrected chi connectivity index (χ0v) is 22.2. The van der Waals surface area contributed by atoms with Crippen LogP contribution in [0.3, 0.4) is 0 Å². The summed E-state index contributed by atoms with van der Waals surface area (Å²) < 4.78 is 8.11. The number of nitrogens with two attached hydrogens (primary N) is 1. The number of benzene rings is 1.